The molecule has 0 bridgehead atoms. The SMILES string of the molecule is Cc1ccc(C(=O)C2OC2(C)C)cc1Br. The Morgan fingerprint density at radius 3 is 2.53 bits per heavy atom. The van der Waals surface area contributed by atoms with Gasteiger partial charge in [-0.25, -0.2) is 0 Å². The van der Waals surface area contributed by atoms with Crippen molar-refractivity contribution in [2.24, 2.45) is 0 Å². The molecule has 80 valence electrons. The zero-order valence-electron chi connectivity index (χ0n) is 9.00. The van der Waals surface area contributed by atoms with Crippen LogP contribution < -0.4 is 0 Å². The van der Waals surface area contributed by atoms with Gasteiger partial charge in [-0.15, -0.1) is 0 Å². The number of hydrogen-bond acceptors (Lipinski definition) is 2. The first-order chi connectivity index (χ1) is 6.92. The van der Waals surface area contributed by atoms with Crippen molar-refractivity contribution in [2.45, 2.75) is 32.5 Å². The summed E-state index contributed by atoms with van der Waals surface area (Å²) in [5.74, 6) is 0.0701. The maximum atomic E-state index is 11.9. The second-order valence-electron chi connectivity index (χ2n) is 4.43. The summed E-state index contributed by atoms with van der Waals surface area (Å²) in [5.41, 5.74) is 1.56. The molecule has 3 heteroatoms. The van der Waals surface area contributed by atoms with E-state index in [2.05, 4.69) is 15.9 Å². The minimum Gasteiger partial charge on any atom is -0.358 e. The standard InChI is InChI=1S/C12H13BrO2/c1-7-4-5-8(6-9(7)13)10(14)11-12(2,3)15-11/h4-6,11H,1-3H3. The molecule has 1 heterocycles. The van der Waals surface area contributed by atoms with Gasteiger partial charge in [0.05, 0.1) is 5.60 Å². The number of epoxide rings is 1. The van der Waals surface area contributed by atoms with Crippen LogP contribution in [-0.4, -0.2) is 17.5 Å². The van der Waals surface area contributed by atoms with Crippen molar-refractivity contribution in [1.82, 2.24) is 0 Å². The number of Topliss-reactive ketones (excluding diaryl/α,β-unsaturated/α-hetero) is 1. The van der Waals surface area contributed by atoms with Crippen LogP contribution in [-0.2, 0) is 4.74 Å². The maximum absolute atomic E-state index is 11.9. The van der Waals surface area contributed by atoms with Crippen LogP contribution >= 0.6 is 15.9 Å². The largest absolute Gasteiger partial charge is 0.358 e. The molecule has 2 nitrogen and oxygen atoms in total. The average Bonchev–Trinajstić information content (AvgIpc) is 2.79. The van der Waals surface area contributed by atoms with Gasteiger partial charge in [-0.05, 0) is 32.4 Å². The molecule has 1 aliphatic heterocycles. The molecule has 1 fully saturated rings. The Kier molecular flexibility index (Phi) is 2.47. The number of halogens is 1. The van der Waals surface area contributed by atoms with Crippen molar-refractivity contribution in [3.8, 4) is 0 Å². The second-order valence-corrected chi connectivity index (χ2v) is 5.28. The molecule has 1 aromatic carbocycles. The third kappa shape index (κ3) is 1.99. The Hall–Kier alpha value is -0.670. The van der Waals surface area contributed by atoms with Gasteiger partial charge < -0.3 is 4.74 Å². The van der Waals surface area contributed by atoms with Gasteiger partial charge in [-0.3, -0.25) is 4.79 Å². The number of ether oxygens (including phenoxy) is 1. The van der Waals surface area contributed by atoms with Gasteiger partial charge >= 0.3 is 0 Å². The van der Waals surface area contributed by atoms with Crippen LogP contribution in [0.5, 0.6) is 0 Å². The first-order valence-corrected chi connectivity index (χ1v) is 5.69. The van der Waals surface area contributed by atoms with Gasteiger partial charge in [0.2, 0.25) is 0 Å². The Bertz CT molecular complexity index is 424. The first kappa shape index (κ1) is 10.8. The highest BCUT2D eigenvalue weighted by molar-refractivity contribution is 9.10. The molecule has 1 saturated heterocycles. The van der Waals surface area contributed by atoms with E-state index in [1.54, 1.807) is 0 Å². The van der Waals surface area contributed by atoms with E-state index >= 15 is 0 Å². The van der Waals surface area contributed by atoms with Crippen LogP contribution in [0.1, 0.15) is 29.8 Å². The highest BCUT2D eigenvalue weighted by Crippen LogP contribution is 2.37. The lowest BCUT2D eigenvalue weighted by Crippen LogP contribution is -2.14. The van der Waals surface area contributed by atoms with Crippen molar-refractivity contribution in [3.63, 3.8) is 0 Å². The van der Waals surface area contributed by atoms with Gasteiger partial charge in [-0.2, -0.15) is 0 Å². The Balaban J connectivity index is 2.24. The van der Waals surface area contributed by atoms with Crippen LogP contribution in [0.2, 0.25) is 0 Å². The summed E-state index contributed by atoms with van der Waals surface area (Å²) in [7, 11) is 0. The Morgan fingerprint density at radius 2 is 2.07 bits per heavy atom. The van der Waals surface area contributed by atoms with Crippen LogP contribution in [0.3, 0.4) is 0 Å². The third-order valence-electron chi connectivity index (χ3n) is 2.69. The lowest BCUT2D eigenvalue weighted by atomic mass is 10.0. The minimum atomic E-state index is -0.283. The molecule has 0 aliphatic carbocycles. The van der Waals surface area contributed by atoms with Crippen LogP contribution in [0.25, 0.3) is 0 Å². The molecule has 1 aliphatic rings. The maximum Gasteiger partial charge on any atom is 0.194 e. The smallest absolute Gasteiger partial charge is 0.194 e. The van der Waals surface area contributed by atoms with Crippen molar-refractivity contribution in [1.29, 1.82) is 0 Å². The topological polar surface area (TPSA) is 29.6 Å². The molecule has 0 spiro atoms. The highest BCUT2D eigenvalue weighted by atomic mass is 79.9. The van der Waals surface area contributed by atoms with E-state index in [0.29, 0.717) is 5.56 Å². The molecule has 0 saturated carbocycles. The summed E-state index contributed by atoms with van der Waals surface area (Å²) >= 11 is 3.42. The average molecular weight is 269 g/mol. The molecule has 0 radical (unpaired) electrons. The molecule has 15 heavy (non-hydrogen) atoms. The Morgan fingerprint density at radius 1 is 1.47 bits per heavy atom. The molecule has 0 amide bonds. The number of hydrogen-bond donors (Lipinski definition) is 0. The van der Waals surface area contributed by atoms with Gasteiger partial charge in [0.25, 0.3) is 0 Å². The first-order valence-electron chi connectivity index (χ1n) is 4.90. The molecular formula is C12H13BrO2. The summed E-state index contributed by atoms with van der Waals surface area (Å²) in [4.78, 5) is 11.9. The van der Waals surface area contributed by atoms with E-state index in [9.17, 15) is 4.79 Å². The Labute approximate surface area is 97.8 Å². The highest BCUT2D eigenvalue weighted by Gasteiger charge is 2.52. The number of aryl methyl sites for hydroxylation is 1. The third-order valence-corrected chi connectivity index (χ3v) is 3.54. The fourth-order valence-electron chi connectivity index (χ4n) is 1.54. The summed E-state index contributed by atoms with van der Waals surface area (Å²) in [6.45, 7) is 5.85. The number of carbonyl (C=O) groups is 1. The van der Waals surface area contributed by atoms with Crippen molar-refractivity contribution >= 4 is 21.7 Å². The van der Waals surface area contributed by atoms with E-state index in [-0.39, 0.29) is 17.5 Å². The fourth-order valence-corrected chi connectivity index (χ4v) is 1.92. The van der Waals surface area contributed by atoms with Crippen molar-refractivity contribution < 1.29 is 9.53 Å². The van der Waals surface area contributed by atoms with Crippen molar-refractivity contribution in [2.75, 3.05) is 0 Å². The van der Waals surface area contributed by atoms with Gasteiger partial charge in [0.15, 0.2) is 5.78 Å². The van der Waals surface area contributed by atoms with E-state index in [1.165, 1.54) is 0 Å². The molecule has 1 unspecified atom stereocenters. The van der Waals surface area contributed by atoms with Crippen LogP contribution in [0, 0.1) is 6.92 Å². The van der Waals surface area contributed by atoms with Crippen LogP contribution in [0.15, 0.2) is 22.7 Å². The van der Waals surface area contributed by atoms with Gasteiger partial charge in [0.1, 0.15) is 6.10 Å². The summed E-state index contributed by atoms with van der Waals surface area (Å²) in [5, 5.41) is 0. The lowest BCUT2D eigenvalue weighted by molar-refractivity contribution is 0.0953. The predicted molar refractivity (Wildman–Crippen MR) is 62.2 cm³/mol. The van der Waals surface area contributed by atoms with Crippen LogP contribution in [0.4, 0.5) is 0 Å². The zero-order valence-corrected chi connectivity index (χ0v) is 10.6. The van der Waals surface area contributed by atoms with Crippen molar-refractivity contribution in [3.05, 3.63) is 33.8 Å². The second kappa shape index (κ2) is 3.42. The van der Waals surface area contributed by atoms with Gasteiger partial charge in [0, 0.05) is 10.0 Å². The number of carbonyl (C=O) groups excluding carboxylic acids is 1. The van der Waals surface area contributed by atoms with E-state index in [1.807, 2.05) is 39.0 Å². The quantitative estimate of drug-likeness (QED) is 0.609. The van der Waals surface area contributed by atoms with Gasteiger partial charge in [-0.1, -0.05) is 28.1 Å². The predicted octanol–water partition coefficient (Wildman–Crippen LogP) is 3.12. The molecular weight excluding hydrogens is 256 g/mol. The summed E-state index contributed by atoms with van der Waals surface area (Å²) in [6.07, 6.45) is -0.271. The number of ketones is 1. The zero-order chi connectivity index (χ0) is 11.2. The summed E-state index contributed by atoms with van der Waals surface area (Å²) in [6, 6.07) is 5.64. The molecule has 0 aromatic heterocycles. The van der Waals surface area contributed by atoms with E-state index < -0.39 is 0 Å². The van der Waals surface area contributed by atoms with E-state index in [0.717, 1.165) is 10.0 Å². The molecule has 0 N–H and O–H groups in total. The molecule has 1 atom stereocenters. The van der Waals surface area contributed by atoms with E-state index in [4.69, 9.17) is 4.74 Å². The molecule has 2 rings (SSSR count). The fraction of sp³-hybridized carbons (Fsp3) is 0.417. The lowest BCUT2D eigenvalue weighted by Gasteiger charge is -2.02. The monoisotopic (exact) mass is 268 g/mol. The molecule has 1 aromatic rings. The normalized spacial score (nSPS) is 22.5. The number of rotatable bonds is 2. The summed E-state index contributed by atoms with van der Waals surface area (Å²) < 4.78 is 6.29. The minimum absolute atomic E-state index is 0.0701. The number of benzene rings is 1.